The largest absolute Gasteiger partial charge is 0.0829 e. The summed E-state index contributed by atoms with van der Waals surface area (Å²) in [6.07, 6.45) is 0. The molecule has 0 spiro atoms. The first-order valence-electron chi connectivity index (χ1n) is 3.31. The van der Waals surface area contributed by atoms with Crippen LogP contribution in [0.25, 0.3) is 0 Å². The Bertz CT molecular complexity index is 42.5. The average Bonchev–Trinajstić information content (AvgIpc) is 1.61. The van der Waals surface area contributed by atoms with Crippen LogP contribution in [0.15, 0.2) is 0 Å². The van der Waals surface area contributed by atoms with Crippen LogP contribution >= 0.6 is 0 Å². The second-order valence-corrected chi connectivity index (χ2v) is 2.87. The Hall–Kier alpha value is 0.130. The van der Waals surface area contributed by atoms with E-state index in [1.54, 1.807) is 0 Å². The lowest BCUT2D eigenvalue weighted by Gasteiger charge is -2.02. The summed E-state index contributed by atoms with van der Waals surface area (Å²) in [5, 5.41) is 0. The Morgan fingerprint density at radius 3 is 1.12 bits per heavy atom. The molecule has 0 unspecified atom stereocenters. The van der Waals surface area contributed by atoms with E-state index >= 15 is 0 Å². The molecular weight excluding hydrogens is 93.7 g/mol. The third kappa shape index (κ3) is 6.13. The van der Waals surface area contributed by atoms with Crippen molar-refractivity contribution in [3.63, 3.8) is 0 Å². The molecule has 0 aromatic carbocycles. The van der Waals surface area contributed by atoms with Crippen LogP contribution in [0.1, 0.15) is 27.7 Å². The molecule has 8 heavy (non-hydrogen) atoms. The van der Waals surface area contributed by atoms with Crippen LogP contribution in [-0.2, 0) is 0 Å². The minimum absolute atomic E-state index is 0.706. The van der Waals surface area contributed by atoms with Crippen LogP contribution in [0.3, 0.4) is 0 Å². The highest BCUT2D eigenvalue weighted by Crippen LogP contribution is 2.01. The second-order valence-electron chi connectivity index (χ2n) is 2.87. The van der Waals surface area contributed by atoms with Crippen molar-refractivity contribution in [2.75, 3.05) is 0 Å². The van der Waals surface area contributed by atoms with Gasteiger partial charge in [-0.25, -0.2) is 0 Å². The Morgan fingerprint density at radius 1 is 0.750 bits per heavy atom. The maximum atomic E-state index is 2.24. The standard InChI is InChI=1S/C6H14B2/c1-5(2)7-8-6(3)4/h5-6H,1-4H3. The van der Waals surface area contributed by atoms with Gasteiger partial charge < -0.3 is 0 Å². The number of hydrogen-bond acceptors (Lipinski definition) is 0. The number of rotatable bonds is 3. The molecule has 0 atom stereocenters. The Balaban J connectivity index is 2.93. The van der Waals surface area contributed by atoms with Crippen LogP contribution in [0, 0.1) is 0 Å². The van der Waals surface area contributed by atoms with Crippen LogP contribution in [0.4, 0.5) is 0 Å². The molecule has 0 aliphatic carbocycles. The molecule has 0 nitrogen and oxygen atoms in total. The summed E-state index contributed by atoms with van der Waals surface area (Å²) in [5.74, 6) is 1.41. The molecule has 0 saturated heterocycles. The maximum absolute atomic E-state index is 2.24. The van der Waals surface area contributed by atoms with E-state index in [2.05, 4.69) is 42.0 Å². The smallest absolute Gasteiger partial charge is 0.0692 e. The normalized spacial score (nSPS) is 10.2. The lowest BCUT2D eigenvalue weighted by molar-refractivity contribution is 1.05. The van der Waals surface area contributed by atoms with Crippen LogP contribution in [-0.4, -0.2) is 14.3 Å². The van der Waals surface area contributed by atoms with Gasteiger partial charge in [-0.15, -0.1) is 0 Å². The van der Waals surface area contributed by atoms with Gasteiger partial charge >= 0.3 is 0 Å². The predicted molar refractivity (Wildman–Crippen MR) is 41.7 cm³/mol. The Kier molecular flexibility index (Phi) is 4.12. The van der Waals surface area contributed by atoms with E-state index in [4.69, 9.17) is 0 Å². The topological polar surface area (TPSA) is 0 Å². The molecule has 2 heteroatoms. The monoisotopic (exact) mass is 108 g/mol. The highest BCUT2D eigenvalue weighted by Gasteiger charge is 1.99. The molecule has 0 N–H and O–H groups in total. The van der Waals surface area contributed by atoms with Crippen LogP contribution < -0.4 is 0 Å². The fourth-order valence-electron chi connectivity index (χ4n) is 0.444. The van der Waals surface area contributed by atoms with Gasteiger partial charge in [0.15, 0.2) is 0 Å². The van der Waals surface area contributed by atoms with Gasteiger partial charge in [-0.1, -0.05) is 39.3 Å². The summed E-state index contributed by atoms with van der Waals surface area (Å²) in [6.45, 7) is 8.77. The Morgan fingerprint density at radius 2 is 1.00 bits per heavy atom. The molecule has 0 bridgehead atoms. The fraction of sp³-hybridized carbons (Fsp3) is 1.00. The highest BCUT2D eigenvalue weighted by molar-refractivity contribution is 7.01. The first-order valence-corrected chi connectivity index (χ1v) is 3.31. The molecule has 44 valence electrons. The van der Waals surface area contributed by atoms with E-state index in [0.717, 1.165) is 0 Å². The van der Waals surface area contributed by atoms with Gasteiger partial charge in [0, 0.05) is 0 Å². The summed E-state index contributed by atoms with van der Waals surface area (Å²) >= 11 is 0. The molecule has 0 rings (SSSR count). The summed E-state index contributed by atoms with van der Waals surface area (Å²) in [7, 11) is 4.48. The van der Waals surface area contributed by atoms with Gasteiger partial charge in [0.05, 0.1) is 14.3 Å². The highest BCUT2D eigenvalue weighted by atomic mass is 13.7. The van der Waals surface area contributed by atoms with Crippen molar-refractivity contribution >= 4 is 14.3 Å². The maximum Gasteiger partial charge on any atom is 0.0692 e. The van der Waals surface area contributed by atoms with E-state index in [0.29, 0.717) is 11.6 Å². The molecule has 0 aromatic rings. The molecule has 0 aliphatic heterocycles. The van der Waals surface area contributed by atoms with Crippen LogP contribution in [0.2, 0.25) is 11.6 Å². The summed E-state index contributed by atoms with van der Waals surface area (Å²) in [5.41, 5.74) is 0. The SMILES string of the molecule is CC(C)[B][B]C(C)C. The van der Waals surface area contributed by atoms with E-state index in [-0.39, 0.29) is 0 Å². The van der Waals surface area contributed by atoms with Crippen molar-refractivity contribution in [3.05, 3.63) is 0 Å². The molecule has 0 aromatic heterocycles. The third-order valence-electron chi connectivity index (χ3n) is 0.881. The first-order chi connectivity index (χ1) is 3.63. The van der Waals surface area contributed by atoms with Gasteiger partial charge in [0.25, 0.3) is 0 Å². The second kappa shape index (κ2) is 4.05. The third-order valence-corrected chi connectivity index (χ3v) is 0.881. The van der Waals surface area contributed by atoms with Gasteiger partial charge in [-0.3, -0.25) is 0 Å². The minimum Gasteiger partial charge on any atom is -0.0829 e. The van der Waals surface area contributed by atoms with E-state index < -0.39 is 0 Å². The van der Waals surface area contributed by atoms with E-state index in [1.165, 1.54) is 0 Å². The zero-order chi connectivity index (χ0) is 6.57. The van der Waals surface area contributed by atoms with E-state index in [9.17, 15) is 0 Å². The van der Waals surface area contributed by atoms with Gasteiger partial charge in [-0.2, -0.15) is 0 Å². The zero-order valence-corrected chi connectivity index (χ0v) is 6.31. The average molecular weight is 108 g/mol. The summed E-state index contributed by atoms with van der Waals surface area (Å²) < 4.78 is 0. The van der Waals surface area contributed by atoms with Crippen molar-refractivity contribution in [3.8, 4) is 0 Å². The lowest BCUT2D eigenvalue weighted by atomic mass is 9.30. The first kappa shape index (κ1) is 8.13. The Labute approximate surface area is 54.5 Å². The van der Waals surface area contributed by atoms with Crippen molar-refractivity contribution < 1.29 is 0 Å². The quantitative estimate of drug-likeness (QED) is 0.484. The minimum atomic E-state index is 0.706. The zero-order valence-electron chi connectivity index (χ0n) is 6.31. The van der Waals surface area contributed by atoms with Crippen molar-refractivity contribution in [1.82, 2.24) is 0 Å². The molecule has 0 fully saturated rings. The molecule has 0 saturated carbocycles. The van der Waals surface area contributed by atoms with Gasteiger partial charge in [0.2, 0.25) is 0 Å². The lowest BCUT2D eigenvalue weighted by Crippen LogP contribution is -2.09. The van der Waals surface area contributed by atoms with Gasteiger partial charge in [0.1, 0.15) is 0 Å². The molecule has 0 amide bonds. The van der Waals surface area contributed by atoms with Crippen LogP contribution in [0.5, 0.6) is 0 Å². The summed E-state index contributed by atoms with van der Waals surface area (Å²) in [6, 6.07) is 0. The predicted octanol–water partition coefficient (Wildman–Crippen LogP) is 1.97. The van der Waals surface area contributed by atoms with Crippen molar-refractivity contribution in [2.45, 2.75) is 39.3 Å². The number of hydrogen-bond donors (Lipinski definition) is 0. The fourth-order valence-corrected chi connectivity index (χ4v) is 0.444. The summed E-state index contributed by atoms with van der Waals surface area (Å²) in [4.78, 5) is 0. The van der Waals surface area contributed by atoms with Crippen molar-refractivity contribution in [1.29, 1.82) is 0 Å². The van der Waals surface area contributed by atoms with E-state index in [1.807, 2.05) is 0 Å². The van der Waals surface area contributed by atoms with Gasteiger partial charge in [-0.05, 0) is 0 Å². The molecule has 0 heterocycles. The molecule has 0 aliphatic rings. The molecular formula is C6H14B2. The van der Waals surface area contributed by atoms with Crippen molar-refractivity contribution in [2.24, 2.45) is 0 Å². The molecule has 2 radical (unpaired) electrons.